The molecule has 0 saturated heterocycles. The van der Waals surface area contributed by atoms with Crippen LogP contribution in [0.2, 0.25) is 0 Å². The Morgan fingerprint density at radius 2 is 2.31 bits per heavy atom. The van der Waals surface area contributed by atoms with Gasteiger partial charge in [-0.3, -0.25) is 0 Å². The molecular formula is C9H9ClN2O. The molecule has 0 aliphatic carbocycles. The number of nitrogens with zero attached hydrogens (tertiary/aromatic N) is 1. The summed E-state index contributed by atoms with van der Waals surface area (Å²) in [6.45, 7) is 1.81. The molecule has 2 aromatic rings. The van der Waals surface area contributed by atoms with Gasteiger partial charge in [0.25, 0.3) is 0 Å². The predicted molar refractivity (Wildman–Crippen MR) is 52.7 cm³/mol. The molecule has 0 fully saturated rings. The average molecular weight is 197 g/mol. The van der Waals surface area contributed by atoms with Gasteiger partial charge in [-0.2, -0.15) is 0 Å². The SMILES string of the molecule is CC(Cl)c1nc2c(N)cccc2o1. The van der Waals surface area contributed by atoms with Gasteiger partial charge in [0.2, 0.25) is 5.89 Å². The highest BCUT2D eigenvalue weighted by molar-refractivity contribution is 6.20. The molecule has 4 heteroatoms. The number of hydrogen-bond acceptors (Lipinski definition) is 3. The van der Waals surface area contributed by atoms with Gasteiger partial charge in [0.15, 0.2) is 5.58 Å². The van der Waals surface area contributed by atoms with Crippen LogP contribution in [0.25, 0.3) is 11.1 Å². The van der Waals surface area contributed by atoms with E-state index in [0.717, 1.165) is 0 Å². The second-order valence-corrected chi connectivity index (χ2v) is 3.52. The lowest BCUT2D eigenvalue weighted by Crippen LogP contribution is -1.86. The molecular weight excluding hydrogens is 188 g/mol. The summed E-state index contributed by atoms with van der Waals surface area (Å²) in [5.41, 5.74) is 7.69. The largest absolute Gasteiger partial charge is 0.439 e. The summed E-state index contributed by atoms with van der Waals surface area (Å²) in [6.07, 6.45) is 0. The van der Waals surface area contributed by atoms with Crippen LogP contribution in [0, 0.1) is 0 Å². The van der Waals surface area contributed by atoms with E-state index in [2.05, 4.69) is 4.98 Å². The molecule has 1 heterocycles. The minimum Gasteiger partial charge on any atom is -0.439 e. The van der Waals surface area contributed by atoms with Crippen molar-refractivity contribution in [2.45, 2.75) is 12.3 Å². The maximum atomic E-state index is 5.83. The van der Waals surface area contributed by atoms with Crippen molar-refractivity contribution in [1.29, 1.82) is 0 Å². The van der Waals surface area contributed by atoms with Crippen molar-refractivity contribution in [2.75, 3.05) is 5.73 Å². The maximum Gasteiger partial charge on any atom is 0.213 e. The van der Waals surface area contributed by atoms with Gasteiger partial charge in [0.05, 0.1) is 5.69 Å². The molecule has 0 amide bonds. The van der Waals surface area contributed by atoms with Gasteiger partial charge in [-0.25, -0.2) is 4.98 Å². The lowest BCUT2D eigenvalue weighted by atomic mass is 10.3. The number of fused-ring (bicyclic) bond motifs is 1. The van der Waals surface area contributed by atoms with Crippen molar-refractivity contribution in [3.05, 3.63) is 24.1 Å². The molecule has 3 nitrogen and oxygen atoms in total. The summed E-state index contributed by atoms with van der Waals surface area (Å²) >= 11 is 5.83. The number of anilines is 1. The number of oxazole rings is 1. The summed E-state index contributed by atoms with van der Waals surface area (Å²) in [5, 5.41) is -0.230. The van der Waals surface area contributed by atoms with E-state index in [4.69, 9.17) is 21.8 Å². The normalized spacial score (nSPS) is 13.4. The Morgan fingerprint density at radius 1 is 1.54 bits per heavy atom. The van der Waals surface area contributed by atoms with E-state index in [9.17, 15) is 0 Å². The van der Waals surface area contributed by atoms with Crippen LogP contribution in [0.5, 0.6) is 0 Å². The highest BCUT2D eigenvalue weighted by Gasteiger charge is 2.11. The van der Waals surface area contributed by atoms with E-state index in [1.165, 1.54) is 0 Å². The summed E-state index contributed by atoms with van der Waals surface area (Å²) < 4.78 is 5.39. The smallest absolute Gasteiger partial charge is 0.213 e. The third kappa shape index (κ3) is 1.35. The lowest BCUT2D eigenvalue weighted by Gasteiger charge is -1.91. The minimum atomic E-state index is -0.230. The Kier molecular flexibility index (Phi) is 1.88. The molecule has 1 aromatic carbocycles. The Hall–Kier alpha value is -1.22. The van der Waals surface area contributed by atoms with Crippen LogP contribution in [-0.2, 0) is 0 Å². The zero-order valence-corrected chi connectivity index (χ0v) is 7.88. The summed E-state index contributed by atoms with van der Waals surface area (Å²) in [7, 11) is 0. The average Bonchev–Trinajstić information content (AvgIpc) is 2.49. The lowest BCUT2D eigenvalue weighted by molar-refractivity contribution is 0.531. The van der Waals surface area contributed by atoms with Crippen LogP contribution in [0.15, 0.2) is 22.6 Å². The molecule has 0 spiro atoms. The quantitative estimate of drug-likeness (QED) is 0.564. The van der Waals surface area contributed by atoms with Crippen molar-refractivity contribution in [1.82, 2.24) is 4.98 Å². The standard InChI is InChI=1S/C9H9ClN2O/c1-5(10)9-12-8-6(11)3-2-4-7(8)13-9/h2-5H,11H2,1H3. The van der Waals surface area contributed by atoms with Crippen LogP contribution in [-0.4, -0.2) is 4.98 Å². The van der Waals surface area contributed by atoms with Crippen molar-refractivity contribution < 1.29 is 4.42 Å². The fourth-order valence-electron chi connectivity index (χ4n) is 1.16. The number of nitrogens with two attached hydrogens (primary N) is 1. The number of halogens is 1. The van der Waals surface area contributed by atoms with Gasteiger partial charge in [0, 0.05) is 0 Å². The summed E-state index contributed by atoms with van der Waals surface area (Å²) in [6, 6.07) is 5.43. The molecule has 2 N–H and O–H groups in total. The Bertz CT molecular complexity index is 436. The Labute approximate surface area is 80.5 Å². The molecule has 0 aliphatic heterocycles. The first-order valence-electron chi connectivity index (χ1n) is 3.97. The van der Waals surface area contributed by atoms with Gasteiger partial charge in [-0.05, 0) is 19.1 Å². The molecule has 1 aromatic heterocycles. The molecule has 1 atom stereocenters. The molecule has 0 saturated carbocycles. The number of aromatic nitrogens is 1. The van der Waals surface area contributed by atoms with E-state index in [-0.39, 0.29) is 5.38 Å². The Balaban J connectivity index is 2.68. The van der Waals surface area contributed by atoms with E-state index in [1.54, 1.807) is 6.07 Å². The molecule has 2 rings (SSSR count). The number of rotatable bonds is 1. The molecule has 0 bridgehead atoms. The molecule has 0 aliphatic rings. The van der Waals surface area contributed by atoms with Crippen LogP contribution in [0.1, 0.15) is 18.2 Å². The van der Waals surface area contributed by atoms with Crippen molar-refractivity contribution in [3.8, 4) is 0 Å². The minimum absolute atomic E-state index is 0.230. The van der Waals surface area contributed by atoms with Gasteiger partial charge in [-0.15, -0.1) is 11.6 Å². The maximum absolute atomic E-state index is 5.83. The van der Waals surface area contributed by atoms with Crippen molar-refractivity contribution >= 4 is 28.4 Å². The van der Waals surface area contributed by atoms with E-state index in [1.807, 2.05) is 19.1 Å². The molecule has 0 radical (unpaired) electrons. The molecule has 13 heavy (non-hydrogen) atoms. The van der Waals surface area contributed by atoms with Gasteiger partial charge in [0.1, 0.15) is 10.9 Å². The predicted octanol–water partition coefficient (Wildman–Crippen LogP) is 2.71. The van der Waals surface area contributed by atoms with Crippen LogP contribution in [0.4, 0.5) is 5.69 Å². The summed E-state index contributed by atoms with van der Waals surface area (Å²) in [5.74, 6) is 0.509. The van der Waals surface area contributed by atoms with Crippen LogP contribution in [0.3, 0.4) is 0 Å². The van der Waals surface area contributed by atoms with Crippen LogP contribution >= 0.6 is 11.6 Å². The topological polar surface area (TPSA) is 52.0 Å². The van der Waals surface area contributed by atoms with Crippen molar-refractivity contribution in [2.24, 2.45) is 0 Å². The molecule has 1 unspecified atom stereocenters. The first kappa shape index (κ1) is 8.38. The van der Waals surface area contributed by atoms with Gasteiger partial charge >= 0.3 is 0 Å². The highest BCUT2D eigenvalue weighted by Crippen LogP contribution is 2.26. The Morgan fingerprint density at radius 3 is 2.92 bits per heavy atom. The third-order valence-electron chi connectivity index (χ3n) is 1.81. The number of hydrogen-bond donors (Lipinski definition) is 1. The number of alkyl halides is 1. The first-order chi connectivity index (χ1) is 6.18. The number of nitrogen functional groups attached to an aromatic ring is 1. The van der Waals surface area contributed by atoms with Crippen molar-refractivity contribution in [3.63, 3.8) is 0 Å². The second kappa shape index (κ2) is 2.92. The summed E-state index contributed by atoms with van der Waals surface area (Å²) in [4.78, 5) is 4.19. The van der Waals surface area contributed by atoms with E-state index < -0.39 is 0 Å². The fraction of sp³-hybridized carbons (Fsp3) is 0.222. The second-order valence-electron chi connectivity index (χ2n) is 2.86. The van der Waals surface area contributed by atoms with Gasteiger partial charge < -0.3 is 10.2 Å². The number of para-hydroxylation sites is 1. The van der Waals surface area contributed by atoms with E-state index in [0.29, 0.717) is 22.7 Å². The first-order valence-corrected chi connectivity index (χ1v) is 4.41. The molecule has 68 valence electrons. The third-order valence-corrected chi connectivity index (χ3v) is 1.99. The number of benzene rings is 1. The van der Waals surface area contributed by atoms with Crippen LogP contribution < -0.4 is 5.73 Å². The van der Waals surface area contributed by atoms with Gasteiger partial charge in [-0.1, -0.05) is 6.07 Å². The monoisotopic (exact) mass is 196 g/mol. The zero-order valence-electron chi connectivity index (χ0n) is 7.12. The zero-order chi connectivity index (χ0) is 9.42. The highest BCUT2D eigenvalue weighted by atomic mass is 35.5. The van der Waals surface area contributed by atoms with E-state index >= 15 is 0 Å². The fourth-order valence-corrected chi connectivity index (χ4v) is 1.25.